The Kier molecular flexibility index (Phi) is 7.48. The molecule has 3 atom stereocenters. The molecule has 1 saturated heterocycles. The van der Waals surface area contributed by atoms with Crippen LogP contribution >= 0.6 is 0 Å². The summed E-state index contributed by atoms with van der Waals surface area (Å²) in [6.07, 6.45) is 11.9. The number of nitrogens with two attached hydrogens (primary N) is 1. The number of hydrogen-bond acceptors (Lipinski definition) is 9. The van der Waals surface area contributed by atoms with Crippen molar-refractivity contribution in [3.8, 4) is 22.7 Å². The van der Waals surface area contributed by atoms with E-state index in [-0.39, 0.29) is 0 Å². The number of benzene rings is 1. The van der Waals surface area contributed by atoms with Crippen molar-refractivity contribution >= 4 is 17.7 Å². The Hall–Kier alpha value is -4.21. The Morgan fingerprint density at radius 3 is 2.77 bits per heavy atom. The zero-order chi connectivity index (χ0) is 27.5. The van der Waals surface area contributed by atoms with Gasteiger partial charge >= 0.3 is 0 Å². The normalized spacial score (nSPS) is 21.3. The van der Waals surface area contributed by atoms with Gasteiger partial charge in [-0.1, -0.05) is 30.1 Å². The van der Waals surface area contributed by atoms with Gasteiger partial charge in [0, 0.05) is 48.9 Å². The van der Waals surface area contributed by atoms with Crippen molar-refractivity contribution in [3.05, 3.63) is 60.2 Å². The minimum atomic E-state index is -0.460. The van der Waals surface area contributed by atoms with Gasteiger partial charge in [0.15, 0.2) is 5.76 Å². The number of pyridine rings is 1. The van der Waals surface area contributed by atoms with E-state index in [1.807, 2.05) is 18.3 Å². The predicted molar refractivity (Wildman–Crippen MR) is 152 cm³/mol. The number of piperidine rings is 1. The van der Waals surface area contributed by atoms with Gasteiger partial charge in [0.05, 0.1) is 6.20 Å². The van der Waals surface area contributed by atoms with Crippen molar-refractivity contribution in [3.63, 3.8) is 0 Å². The summed E-state index contributed by atoms with van der Waals surface area (Å²) in [5.41, 5.74) is 7.54. The first-order valence-electron chi connectivity index (χ1n) is 14.2. The SMILES string of the molecule is Cc1nc(-c2ccc(N3CCC[C@H](C[C@@H]4CCCC[C@H]4Nc4ncc(-c5cccc(C(N)=O)c5)o4)C3)nc2)no1. The van der Waals surface area contributed by atoms with E-state index in [0.717, 1.165) is 42.9 Å². The Morgan fingerprint density at radius 2 is 1.98 bits per heavy atom. The molecule has 3 N–H and O–H groups in total. The van der Waals surface area contributed by atoms with E-state index in [9.17, 15) is 4.79 Å². The third-order valence-electron chi connectivity index (χ3n) is 8.17. The van der Waals surface area contributed by atoms with Crippen LogP contribution in [-0.4, -0.2) is 45.1 Å². The number of anilines is 2. The molecular formula is C30H35N7O3. The van der Waals surface area contributed by atoms with E-state index in [1.165, 1.54) is 32.1 Å². The number of hydrogen-bond donors (Lipinski definition) is 2. The zero-order valence-electron chi connectivity index (χ0n) is 22.8. The molecule has 2 fully saturated rings. The largest absolute Gasteiger partial charge is 0.424 e. The molecule has 10 heteroatoms. The molecular weight excluding hydrogens is 506 g/mol. The maximum Gasteiger partial charge on any atom is 0.295 e. The summed E-state index contributed by atoms with van der Waals surface area (Å²) in [6.45, 7) is 3.82. The lowest BCUT2D eigenvalue weighted by molar-refractivity contribution is 0.100. The van der Waals surface area contributed by atoms with Gasteiger partial charge in [0.25, 0.3) is 6.01 Å². The van der Waals surface area contributed by atoms with Gasteiger partial charge < -0.3 is 24.9 Å². The Bertz CT molecular complexity index is 1450. The number of aromatic nitrogens is 4. The number of amides is 1. The molecule has 1 aliphatic carbocycles. The van der Waals surface area contributed by atoms with Crippen LogP contribution in [0.2, 0.25) is 0 Å². The lowest BCUT2D eigenvalue weighted by atomic mass is 9.77. The quantitative estimate of drug-likeness (QED) is 0.297. The highest BCUT2D eigenvalue weighted by atomic mass is 16.5. The molecule has 6 rings (SSSR count). The second-order valence-electron chi connectivity index (χ2n) is 11.0. The summed E-state index contributed by atoms with van der Waals surface area (Å²) in [7, 11) is 0. The monoisotopic (exact) mass is 541 g/mol. The number of aryl methyl sites for hydroxylation is 1. The molecule has 3 aromatic heterocycles. The molecule has 1 aromatic carbocycles. The van der Waals surface area contributed by atoms with Crippen LogP contribution in [0.25, 0.3) is 22.7 Å². The van der Waals surface area contributed by atoms with Crippen LogP contribution in [0.5, 0.6) is 0 Å². The predicted octanol–water partition coefficient (Wildman–Crippen LogP) is 5.47. The third-order valence-corrected chi connectivity index (χ3v) is 8.17. The van der Waals surface area contributed by atoms with Gasteiger partial charge in [-0.05, 0) is 68.2 Å². The molecule has 4 aromatic rings. The topological polar surface area (TPSA) is 136 Å². The second kappa shape index (κ2) is 11.5. The summed E-state index contributed by atoms with van der Waals surface area (Å²) < 4.78 is 11.2. The highest BCUT2D eigenvalue weighted by molar-refractivity contribution is 5.93. The van der Waals surface area contributed by atoms with Crippen molar-refractivity contribution in [1.82, 2.24) is 20.1 Å². The smallest absolute Gasteiger partial charge is 0.295 e. The average Bonchev–Trinajstić information content (AvgIpc) is 3.64. The minimum Gasteiger partial charge on any atom is -0.424 e. The van der Waals surface area contributed by atoms with Gasteiger partial charge in [-0.3, -0.25) is 4.79 Å². The lowest BCUT2D eigenvalue weighted by Crippen LogP contribution is -2.39. The Labute approximate surface area is 233 Å². The molecule has 1 saturated carbocycles. The van der Waals surface area contributed by atoms with Crippen LogP contribution in [0, 0.1) is 18.8 Å². The molecule has 4 heterocycles. The molecule has 1 amide bonds. The fourth-order valence-corrected chi connectivity index (χ4v) is 6.15. The number of primary amides is 1. The minimum absolute atomic E-state index is 0.323. The van der Waals surface area contributed by atoms with Crippen molar-refractivity contribution in [1.29, 1.82) is 0 Å². The molecule has 0 radical (unpaired) electrons. The van der Waals surface area contributed by atoms with E-state index in [1.54, 1.807) is 31.3 Å². The third kappa shape index (κ3) is 5.85. The number of carbonyl (C=O) groups excluding carboxylic acids is 1. The summed E-state index contributed by atoms with van der Waals surface area (Å²) in [4.78, 5) is 27.5. The molecule has 10 nitrogen and oxygen atoms in total. The van der Waals surface area contributed by atoms with E-state index < -0.39 is 5.91 Å². The number of oxazole rings is 1. The van der Waals surface area contributed by atoms with Gasteiger partial charge in [-0.15, -0.1) is 0 Å². The van der Waals surface area contributed by atoms with Gasteiger partial charge in [-0.2, -0.15) is 4.98 Å². The van der Waals surface area contributed by atoms with E-state index >= 15 is 0 Å². The first-order valence-corrected chi connectivity index (χ1v) is 14.2. The van der Waals surface area contributed by atoms with Crippen LogP contribution in [-0.2, 0) is 0 Å². The Morgan fingerprint density at radius 1 is 1.07 bits per heavy atom. The van der Waals surface area contributed by atoms with E-state index in [0.29, 0.717) is 46.9 Å². The molecule has 0 bridgehead atoms. The molecule has 1 aliphatic heterocycles. The van der Waals surface area contributed by atoms with Gasteiger partial charge in [0.1, 0.15) is 5.82 Å². The first kappa shape index (κ1) is 26.0. The highest BCUT2D eigenvalue weighted by Gasteiger charge is 2.31. The van der Waals surface area contributed by atoms with Crippen molar-refractivity contribution in [2.45, 2.75) is 57.9 Å². The van der Waals surface area contributed by atoms with Gasteiger partial charge in [0.2, 0.25) is 17.6 Å². The summed E-state index contributed by atoms with van der Waals surface area (Å²) in [5, 5.41) is 7.59. The Balaban J connectivity index is 1.08. The summed E-state index contributed by atoms with van der Waals surface area (Å²) in [6, 6.07) is 12.1. The average molecular weight is 542 g/mol. The maximum atomic E-state index is 11.6. The second-order valence-corrected chi connectivity index (χ2v) is 11.0. The fraction of sp³-hybridized carbons (Fsp3) is 0.433. The first-order chi connectivity index (χ1) is 19.5. The number of carbonyl (C=O) groups is 1. The van der Waals surface area contributed by atoms with Crippen molar-refractivity contribution < 1.29 is 13.7 Å². The van der Waals surface area contributed by atoms with Crippen LogP contribution in [0.4, 0.5) is 11.8 Å². The van der Waals surface area contributed by atoms with Crippen LogP contribution in [0.1, 0.15) is 61.2 Å². The summed E-state index contributed by atoms with van der Waals surface area (Å²) in [5.74, 6) is 3.45. The van der Waals surface area contributed by atoms with Crippen LogP contribution < -0.4 is 16.0 Å². The zero-order valence-corrected chi connectivity index (χ0v) is 22.8. The fourth-order valence-electron chi connectivity index (χ4n) is 6.15. The van der Waals surface area contributed by atoms with Crippen molar-refractivity contribution in [2.75, 3.05) is 23.3 Å². The highest BCUT2D eigenvalue weighted by Crippen LogP contribution is 2.35. The number of rotatable bonds is 8. The van der Waals surface area contributed by atoms with E-state index in [2.05, 4.69) is 31.4 Å². The molecule has 2 aliphatic rings. The van der Waals surface area contributed by atoms with Crippen LogP contribution in [0.15, 0.2) is 57.7 Å². The summed E-state index contributed by atoms with van der Waals surface area (Å²) >= 11 is 0. The maximum absolute atomic E-state index is 11.6. The van der Waals surface area contributed by atoms with E-state index in [4.69, 9.17) is 19.7 Å². The van der Waals surface area contributed by atoms with Crippen LogP contribution in [0.3, 0.4) is 0 Å². The molecule has 40 heavy (non-hydrogen) atoms. The lowest BCUT2D eigenvalue weighted by Gasteiger charge is -2.38. The van der Waals surface area contributed by atoms with Gasteiger partial charge in [-0.25, -0.2) is 9.97 Å². The molecule has 0 spiro atoms. The number of nitrogens with zero attached hydrogens (tertiary/aromatic N) is 5. The standard InChI is InChI=1S/C30H35N7O3/c1-19-34-29(36-40-19)24-11-12-27(32-16-24)37-13-5-6-20(18-37)14-21-7-2-3-10-25(21)35-30-33-17-26(39-30)22-8-4-9-23(15-22)28(31)38/h4,8-9,11-12,15-17,20-21,25H,2-3,5-7,10,13-14,18H2,1H3,(H2,31,38)(H,33,35)/t20-,21+,25-/m1/s1. The molecule has 208 valence electrons. The van der Waals surface area contributed by atoms with Crippen molar-refractivity contribution in [2.24, 2.45) is 17.6 Å². The molecule has 0 unspecified atom stereocenters. The number of nitrogens with one attached hydrogen (secondary N) is 1.